The third kappa shape index (κ3) is 7.57. The zero-order valence-corrected chi connectivity index (χ0v) is 18.7. The first-order valence-corrected chi connectivity index (χ1v) is 11.1. The second kappa shape index (κ2) is 11.7. The van der Waals surface area contributed by atoms with E-state index in [0.717, 1.165) is 10.5 Å². The fraction of sp³-hybridized carbons (Fsp3) is 0.318. The molecule has 7 nitrogen and oxygen atoms in total. The first kappa shape index (κ1) is 23.1. The average molecular weight is 462 g/mol. The Kier molecular flexibility index (Phi) is 8.75. The van der Waals surface area contributed by atoms with Crippen LogP contribution in [0.15, 0.2) is 58.5 Å². The predicted molar refractivity (Wildman–Crippen MR) is 122 cm³/mol. The molecule has 0 unspecified atom stereocenters. The maximum Gasteiger partial charge on any atom is 0.260 e. The number of hydrogen-bond acceptors (Lipinski definition) is 6. The summed E-state index contributed by atoms with van der Waals surface area (Å²) in [6, 6.07) is 14.4. The molecule has 0 bridgehead atoms. The van der Waals surface area contributed by atoms with E-state index in [2.05, 4.69) is 10.5 Å². The van der Waals surface area contributed by atoms with Gasteiger partial charge in [-0.3, -0.25) is 9.59 Å². The third-order valence-electron chi connectivity index (χ3n) is 4.49. The number of amides is 2. The molecule has 1 N–H and O–H groups in total. The van der Waals surface area contributed by atoms with Crippen LogP contribution in [-0.4, -0.2) is 61.1 Å². The Morgan fingerprint density at radius 3 is 2.55 bits per heavy atom. The molecule has 1 fully saturated rings. The molecule has 2 aromatic carbocycles. The Balaban J connectivity index is 1.41. The van der Waals surface area contributed by atoms with Crippen LogP contribution in [-0.2, 0) is 14.3 Å². The third-order valence-corrected chi connectivity index (χ3v) is 5.85. The number of halogens is 1. The molecule has 0 aromatic heterocycles. The first-order chi connectivity index (χ1) is 15.0. The number of thioether (sulfide) groups is 1. The van der Waals surface area contributed by atoms with E-state index in [9.17, 15) is 9.59 Å². The van der Waals surface area contributed by atoms with Gasteiger partial charge < -0.3 is 14.4 Å². The molecule has 3 rings (SSSR count). The van der Waals surface area contributed by atoms with Crippen LogP contribution in [0.5, 0.6) is 5.75 Å². The highest BCUT2D eigenvalue weighted by molar-refractivity contribution is 8.00. The van der Waals surface area contributed by atoms with Gasteiger partial charge in [-0.1, -0.05) is 11.6 Å². The van der Waals surface area contributed by atoms with E-state index >= 15 is 0 Å². The zero-order valence-electron chi connectivity index (χ0n) is 17.1. The van der Waals surface area contributed by atoms with Crippen LogP contribution in [0, 0.1) is 0 Å². The van der Waals surface area contributed by atoms with E-state index in [-0.39, 0.29) is 23.7 Å². The molecular weight excluding hydrogens is 438 g/mol. The summed E-state index contributed by atoms with van der Waals surface area (Å²) < 4.78 is 10.8. The quantitative estimate of drug-likeness (QED) is 0.371. The van der Waals surface area contributed by atoms with Crippen molar-refractivity contribution in [1.29, 1.82) is 0 Å². The van der Waals surface area contributed by atoms with Crippen LogP contribution in [0.25, 0.3) is 0 Å². The summed E-state index contributed by atoms with van der Waals surface area (Å²) in [7, 11) is 0. The smallest absolute Gasteiger partial charge is 0.260 e. The van der Waals surface area contributed by atoms with Gasteiger partial charge in [-0.25, -0.2) is 5.43 Å². The topological polar surface area (TPSA) is 80.2 Å². The van der Waals surface area contributed by atoms with Crippen molar-refractivity contribution < 1.29 is 19.1 Å². The number of nitrogens with zero attached hydrogens (tertiary/aromatic N) is 2. The van der Waals surface area contributed by atoms with Crippen LogP contribution < -0.4 is 10.2 Å². The molecule has 1 saturated heterocycles. The van der Waals surface area contributed by atoms with Crippen molar-refractivity contribution in [3.63, 3.8) is 0 Å². The summed E-state index contributed by atoms with van der Waals surface area (Å²) in [6.07, 6.45) is 1.56. The summed E-state index contributed by atoms with van der Waals surface area (Å²) in [5.41, 5.74) is 3.34. The lowest BCUT2D eigenvalue weighted by Crippen LogP contribution is -2.42. The standard InChI is InChI=1S/C22H24ClN3O4S/c1-16(31-20-8-4-18(23)5-9-20)22(28)25-24-14-17-2-6-19(7-3-17)30-15-21(27)26-10-12-29-13-11-26/h2-9,14,16H,10-13,15H2,1H3,(H,25,28)/b24-14-/t16-/m0/s1. The monoisotopic (exact) mass is 461 g/mol. The van der Waals surface area contributed by atoms with Crippen molar-refractivity contribution in [3.05, 3.63) is 59.1 Å². The number of rotatable bonds is 8. The molecule has 1 aliphatic heterocycles. The molecule has 9 heteroatoms. The van der Waals surface area contributed by atoms with E-state index in [1.54, 1.807) is 47.5 Å². The van der Waals surface area contributed by atoms with Gasteiger partial charge in [0.2, 0.25) is 0 Å². The summed E-state index contributed by atoms with van der Waals surface area (Å²) in [6.45, 7) is 4.13. The van der Waals surface area contributed by atoms with Gasteiger partial charge in [-0.15, -0.1) is 11.8 Å². The molecule has 31 heavy (non-hydrogen) atoms. The first-order valence-electron chi connectivity index (χ1n) is 9.85. The fourth-order valence-corrected chi connectivity index (χ4v) is 3.72. The number of benzene rings is 2. The Morgan fingerprint density at radius 1 is 1.19 bits per heavy atom. The van der Waals surface area contributed by atoms with Crippen LogP contribution >= 0.6 is 23.4 Å². The van der Waals surface area contributed by atoms with Crippen LogP contribution in [0.1, 0.15) is 12.5 Å². The van der Waals surface area contributed by atoms with Gasteiger partial charge in [0, 0.05) is 23.0 Å². The zero-order chi connectivity index (χ0) is 22.1. The minimum atomic E-state index is -0.307. The Hall–Kier alpha value is -2.55. The fourth-order valence-electron chi connectivity index (χ4n) is 2.73. The number of hydrogen-bond donors (Lipinski definition) is 1. The van der Waals surface area contributed by atoms with E-state index in [0.29, 0.717) is 37.1 Å². The molecule has 0 aliphatic carbocycles. The minimum Gasteiger partial charge on any atom is -0.484 e. The molecule has 0 spiro atoms. The SMILES string of the molecule is C[C@H](Sc1ccc(Cl)cc1)C(=O)N/N=C\c1ccc(OCC(=O)N2CCOCC2)cc1. The van der Waals surface area contributed by atoms with Crippen LogP contribution in [0.4, 0.5) is 0 Å². The van der Waals surface area contributed by atoms with E-state index < -0.39 is 0 Å². The molecule has 2 aromatic rings. The molecule has 2 amide bonds. The van der Waals surface area contributed by atoms with Crippen molar-refractivity contribution in [2.24, 2.45) is 5.10 Å². The highest BCUT2D eigenvalue weighted by atomic mass is 35.5. The Bertz CT molecular complexity index is 900. The largest absolute Gasteiger partial charge is 0.484 e. The van der Waals surface area contributed by atoms with E-state index in [1.807, 2.05) is 19.1 Å². The number of ether oxygens (including phenoxy) is 2. The Labute approximate surface area is 190 Å². The number of hydrazone groups is 1. The molecular formula is C22H24ClN3O4S. The summed E-state index contributed by atoms with van der Waals surface area (Å²) in [5.74, 6) is 0.343. The van der Waals surface area contributed by atoms with E-state index in [1.165, 1.54) is 11.8 Å². The van der Waals surface area contributed by atoms with Gasteiger partial charge in [0.15, 0.2) is 6.61 Å². The van der Waals surface area contributed by atoms with E-state index in [4.69, 9.17) is 21.1 Å². The maximum atomic E-state index is 12.2. The van der Waals surface area contributed by atoms with Crippen LogP contribution in [0.2, 0.25) is 5.02 Å². The van der Waals surface area contributed by atoms with Gasteiger partial charge in [-0.05, 0) is 61.0 Å². The van der Waals surface area contributed by atoms with Crippen molar-refractivity contribution in [2.45, 2.75) is 17.1 Å². The van der Waals surface area contributed by atoms with Crippen molar-refractivity contribution in [1.82, 2.24) is 10.3 Å². The Morgan fingerprint density at radius 2 is 1.87 bits per heavy atom. The maximum absolute atomic E-state index is 12.2. The summed E-state index contributed by atoms with van der Waals surface area (Å²) >= 11 is 7.30. The highest BCUT2D eigenvalue weighted by Gasteiger charge is 2.17. The molecule has 0 radical (unpaired) electrons. The second-order valence-corrected chi connectivity index (χ2v) is 8.65. The van der Waals surface area contributed by atoms with Crippen molar-refractivity contribution in [2.75, 3.05) is 32.9 Å². The van der Waals surface area contributed by atoms with Gasteiger partial charge in [0.05, 0.1) is 24.7 Å². The second-order valence-electron chi connectivity index (χ2n) is 6.80. The lowest BCUT2D eigenvalue weighted by molar-refractivity contribution is -0.137. The van der Waals surface area contributed by atoms with Gasteiger partial charge in [0.1, 0.15) is 5.75 Å². The molecule has 1 atom stereocenters. The van der Waals surface area contributed by atoms with Gasteiger partial charge in [-0.2, -0.15) is 5.10 Å². The lowest BCUT2D eigenvalue weighted by atomic mass is 10.2. The highest BCUT2D eigenvalue weighted by Crippen LogP contribution is 2.24. The predicted octanol–water partition coefficient (Wildman–Crippen LogP) is 3.21. The van der Waals surface area contributed by atoms with Crippen molar-refractivity contribution in [3.8, 4) is 5.75 Å². The number of morpholine rings is 1. The van der Waals surface area contributed by atoms with Crippen molar-refractivity contribution >= 4 is 41.4 Å². The average Bonchev–Trinajstić information content (AvgIpc) is 2.80. The van der Waals surface area contributed by atoms with Crippen LogP contribution in [0.3, 0.4) is 0 Å². The normalized spacial score (nSPS) is 15.0. The molecule has 0 saturated carbocycles. The number of carbonyl (C=O) groups is 2. The van der Waals surface area contributed by atoms with Gasteiger partial charge >= 0.3 is 0 Å². The number of nitrogens with one attached hydrogen (secondary N) is 1. The van der Waals surface area contributed by atoms with Gasteiger partial charge in [0.25, 0.3) is 11.8 Å². The number of carbonyl (C=O) groups excluding carboxylic acids is 2. The minimum absolute atomic E-state index is 0.00727. The summed E-state index contributed by atoms with van der Waals surface area (Å²) in [5, 5.41) is 4.36. The molecule has 164 valence electrons. The summed E-state index contributed by atoms with van der Waals surface area (Å²) in [4.78, 5) is 27.0. The molecule has 1 aliphatic rings. The lowest BCUT2D eigenvalue weighted by Gasteiger charge is -2.26. The molecule has 1 heterocycles.